The molecule has 2 aromatic rings. The lowest BCUT2D eigenvalue weighted by molar-refractivity contribution is 0.601. The van der Waals surface area contributed by atoms with E-state index in [-0.39, 0.29) is 4.90 Å². The summed E-state index contributed by atoms with van der Waals surface area (Å²) in [5.74, 6) is 0.317. The predicted molar refractivity (Wildman–Crippen MR) is 81.3 cm³/mol. The Hall–Kier alpha value is -1.92. The Morgan fingerprint density at radius 2 is 1.86 bits per heavy atom. The number of benzene rings is 1. The third kappa shape index (κ3) is 3.80. The maximum atomic E-state index is 12.2. The van der Waals surface area contributed by atoms with Gasteiger partial charge in [-0.05, 0) is 42.7 Å². The molecule has 0 aliphatic heterocycles. The van der Waals surface area contributed by atoms with Crippen LogP contribution in [0.3, 0.4) is 0 Å². The van der Waals surface area contributed by atoms with E-state index in [2.05, 4.69) is 15.0 Å². The van der Waals surface area contributed by atoms with Gasteiger partial charge >= 0.3 is 0 Å². The number of nitrogens with zero attached hydrogens (tertiary/aromatic N) is 1. The smallest absolute Gasteiger partial charge is 0.263 e. The van der Waals surface area contributed by atoms with Crippen LogP contribution in [-0.2, 0) is 16.6 Å². The highest BCUT2D eigenvalue weighted by Crippen LogP contribution is 2.20. The Kier molecular flexibility index (Phi) is 3.90. The van der Waals surface area contributed by atoms with Crippen molar-refractivity contribution in [2.75, 3.05) is 4.72 Å². The Labute approximate surface area is 124 Å². The van der Waals surface area contributed by atoms with E-state index in [1.165, 1.54) is 12.8 Å². The van der Waals surface area contributed by atoms with Gasteiger partial charge in [-0.15, -0.1) is 0 Å². The summed E-state index contributed by atoms with van der Waals surface area (Å²) in [7, 11) is -3.58. The molecular formula is C15H17N3O2S. The molecule has 0 amide bonds. The van der Waals surface area contributed by atoms with Crippen LogP contribution in [0.4, 0.5) is 5.82 Å². The minimum absolute atomic E-state index is 0.239. The highest BCUT2D eigenvalue weighted by atomic mass is 32.2. The zero-order valence-electron chi connectivity index (χ0n) is 11.5. The topological polar surface area (TPSA) is 71.1 Å². The van der Waals surface area contributed by atoms with Gasteiger partial charge in [-0.2, -0.15) is 0 Å². The second-order valence-electron chi connectivity index (χ2n) is 5.12. The summed E-state index contributed by atoms with van der Waals surface area (Å²) < 4.78 is 26.9. The van der Waals surface area contributed by atoms with Gasteiger partial charge in [0.25, 0.3) is 10.0 Å². The van der Waals surface area contributed by atoms with Crippen LogP contribution in [0.2, 0.25) is 0 Å². The molecule has 3 rings (SSSR count). The Morgan fingerprint density at radius 1 is 1.10 bits per heavy atom. The Bertz CT molecular complexity index is 695. The number of aromatic nitrogens is 1. The average molecular weight is 303 g/mol. The maximum Gasteiger partial charge on any atom is 0.263 e. The maximum absolute atomic E-state index is 12.2. The summed E-state index contributed by atoms with van der Waals surface area (Å²) in [5.41, 5.74) is 1.08. The first-order valence-electron chi connectivity index (χ1n) is 6.90. The van der Waals surface area contributed by atoms with Crippen LogP contribution in [0, 0.1) is 0 Å². The Morgan fingerprint density at radius 3 is 2.48 bits per heavy atom. The highest BCUT2D eigenvalue weighted by molar-refractivity contribution is 7.92. The van der Waals surface area contributed by atoms with E-state index in [0.717, 1.165) is 12.1 Å². The van der Waals surface area contributed by atoms with Gasteiger partial charge in [-0.3, -0.25) is 4.72 Å². The molecule has 0 atom stereocenters. The SMILES string of the molecule is O=S(=O)(Nc1ccccn1)c1ccc(CNC2CC2)cc1. The number of pyridine rings is 1. The van der Waals surface area contributed by atoms with Crippen molar-refractivity contribution >= 4 is 15.8 Å². The van der Waals surface area contributed by atoms with Gasteiger partial charge in [-0.25, -0.2) is 13.4 Å². The molecule has 1 saturated carbocycles. The van der Waals surface area contributed by atoms with E-state index in [1.54, 1.807) is 36.5 Å². The van der Waals surface area contributed by atoms with Crippen molar-refractivity contribution in [3.63, 3.8) is 0 Å². The van der Waals surface area contributed by atoms with Gasteiger partial charge in [0.1, 0.15) is 5.82 Å². The number of rotatable bonds is 6. The van der Waals surface area contributed by atoms with Crippen LogP contribution in [-0.4, -0.2) is 19.4 Å². The highest BCUT2D eigenvalue weighted by Gasteiger charge is 2.20. The molecule has 1 aliphatic carbocycles. The molecule has 1 aliphatic rings. The normalized spacial score (nSPS) is 14.9. The van der Waals surface area contributed by atoms with Gasteiger partial charge < -0.3 is 5.32 Å². The van der Waals surface area contributed by atoms with Crippen LogP contribution in [0.15, 0.2) is 53.6 Å². The molecular weight excluding hydrogens is 286 g/mol. The van der Waals surface area contributed by atoms with Crippen molar-refractivity contribution in [2.24, 2.45) is 0 Å². The summed E-state index contributed by atoms with van der Waals surface area (Å²) in [4.78, 5) is 4.20. The first-order valence-corrected chi connectivity index (χ1v) is 8.38. The molecule has 0 saturated heterocycles. The fraction of sp³-hybridized carbons (Fsp3) is 0.267. The summed E-state index contributed by atoms with van der Waals surface area (Å²) in [5, 5.41) is 3.40. The zero-order chi connectivity index (χ0) is 14.7. The molecule has 1 fully saturated rings. The molecule has 0 unspecified atom stereocenters. The van der Waals surface area contributed by atoms with Crippen molar-refractivity contribution in [3.05, 3.63) is 54.2 Å². The van der Waals surface area contributed by atoms with E-state index in [0.29, 0.717) is 11.9 Å². The molecule has 1 heterocycles. The molecule has 1 aromatic carbocycles. The van der Waals surface area contributed by atoms with Gasteiger partial charge in [0, 0.05) is 18.8 Å². The van der Waals surface area contributed by atoms with E-state index >= 15 is 0 Å². The van der Waals surface area contributed by atoms with Crippen LogP contribution in [0.1, 0.15) is 18.4 Å². The quantitative estimate of drug-likeness (QED) is 0.857. The number of nitrogens with one attached hydrogen (secondary N) is 2. The molecule has 110 valence electrons. The second kappa shape index (κ2) is 5.83. The number of sulfonamides is 1. The molecule has 0 radical (unpaired) electrons. The fourth-order valence-corrected chi connectivity index (χ4v) is 2.96. The fourth-order valence-electron chi connectivity index (χ4n) is 1.96. The largest absolute Gasteiger partial charge is 0.310 e. The van der Waals surface area contributed by atoms with Crippen LogP contribution < -0.4 is 10.0 Å². The molecule has 5 nitrogen and oxygen atoms in total. The van der Waals surface area contributed by atoms with Gasteiger partial charge in [-0.1, -0.05) is 18.2 Å². The average Bonchev–Trinajstić information content (AvgIpc) is 3.30. The van der Waals surface area contributed by atoms with Crippen molar-refractivity contribution in [1.29, 1.82) is 0 Å². The third-order valence-corrected chi connectivity index (χ3v) is 4.68. The number of anilines is 1. The summed E-state index contributed by atoms with van der Waals surface area (Å²) >= 11 is 0. The van der Waals surface area contributed by atoms with E-state index < -0.39 is 10.0 Å². The van der Waals surface area contributed by atoms with Crippen LogP contribution >= 0.6 is 0 Å². The zero-order valence-corrected chi connectivity index (χ0v) is 12.3. The van der Waals surface area contributed by atoms with E-state index in [9.17, 15) is 8.42 Å². The first-order chi connectivity index (χ1) is 10.1. The van der Waals surface area contributed by atoms with E-state index in [4.69, 9.17) is 0 Å². The minimum Gasteiger partial charge on any atom is -0.310 e. The second-order valence-corrected chi connectivity index (χ2v) is 6.80. The summed E-state index contributed by atoms with van der Waals surface area (Å²) in [6.07, 6.45) is 4.02. The van der Waals surface area contributed by atoms with E-state index in [1.807, 2.05) is 12.1 Å². The minimum atomic E-state index is -3.58. The van der Waals surface area contributed by atoms with Crippen molar-refractivity contribution < 1.29 is 8.42 Å². The third-order valence-electron chi connectivity index (χ3n) is 3.31. The summed E-state index contributed by atoms with van der Waals surface area (Å²) in [6.45, 7) is 0.776. The van der Waals surface area contributed by atoms with Gasteiger partial charge in [0.2, 0.25) is 0 Å². The van der Waals surface area contributed by atoms with Gasteiger partial charge in [0.15, 0.2) is 0 Å². The first kappa shape index (κ1) is 14.0. The molecule has 0 bridgehead atoms. The summed E-state index contributed by atoms with van der Waals surface area (Å²) in [6, 6.07) is 12.6. The lowest BCUT2D eigenvalue weighted by Gasteiger charge is -2.08. The van der Waals surface area contributed by atoms with Gasteiger partial charge in [0.05, 0.1) is 4.90 Å². The number of hydrogen-bond acceptors (Lipinski definition) is 4. The Balaban J connectivity index is 1.69. The van der Waals surface area contributed by atoms with Crippen LogP contribution in [0.5, 0.6) is 0 Å². The molecule has 1 aromatic heterocycles. The van der Waals surface area contributed by atoms with Crippen molar-refractivity contribution in [2.45, 2.75) is 30.3 Å². The monoisotopic (exact) mass is 303 g/mol. The van der Waals surface area contributed by atoms with Crippen LogP contribution in [0.25, 0.3) is 0 Å². The van der Waals surface area contributed by atoms with Crippen molar-refractivity contribution in [3.8, 4) is 0 Å². The standard InChI is InChI=1S/C15H17N3O2S/c19-21(20,18-15-3-1-2-10-16-15)14-8-4-12(5-9-14)11-17-13-6-7-13/h1-5,8-10,13,17H,6-7,11H2,(H,16,18). The molecule has 0 spiro atoms. The molecule has 6 heteroatoms. The number of hydrogen-bond donors (Lipinski definition) is 2. The van der Waals surface area contributed by atoms with Crippen molar-refractivity contribution in [1.82, 2.24) is 10.3 Å². The lowest BCUT2D eigenvalue weighted by Crippen LogP contribution is -2.16. The molecule has 21 heavy (non-hydrogen) atoms. The molecule has 2 N–H and O–H groups in total. The lowest BCUT2D eigenvalue weighted by atomic mass is 10.2. The predicted octanol–water partition coefficient (Wildman–Crippen LogP) is 2.13.